The molecule has 0 aliphatic rings. The molecule has 1 amide bonds. The number of carbonyl (C=O) groups is 1. The summed E-state index contributed by atoms with van der Waals surface area (Å²) in [7, 11) is 1.61. The molecule has 0 atom stereocenters. The first-order valence-corrected chi connectivity index (χ1v) is 9.53. The molecule has 0 saturated heterocycles. The van der Waals surface area contributed by atoms with E-state index >= 15 is 0 Å². The second kappa shape index (κ2) is 6.50. The zero-order chi connectivity index (χ0) is 18.3. The van der Waals surface area contributed by atoms with E-state index in [4.69, 9.17) is 10.5 Å². The third-order valence-electron chi connectivity index (χ3n) is 3.92. The molecule has 4 aromatic rings. The van der Waals surface area contributed by atoms with E-state index in [1.807, 2.05) is 31.2 Å². The van der Waals surface area contributed by atoms with E-state index in [1.54, 1.807) is 7.11 Å². The van der Waals surface area contributed by atoms with Crippen LogP contribution in [0.2, 0.25) is 0 Å². The van der Waals surface area contributed by atoms with Crippen LogP contribution < -0.4 is 15.8 Å². The summed E-state index contributed by atoms with van der Waals surface area (Å²) in [4.78, 5) is 18.4. The Kier molecular flexibility index (Phi) is 4.17. The van der Waals surface area contributed by atoms with Crippen LogP contribution in [0.3, 0.4) is 0 Å². The molecule has 26 heavy (non-hydrogen) atoms. The molecular weight excluding hydrogens is 370 g/mol. The standard InChI is InChI=1S/C17H15N5O2S2/c1-3-12-21-22-17(25-12)20-15(23)14-13(18)10-6-8-4-5-9(24-2)7-11(8)19-16(10)26-14/h4-7H,3,18H2,1-2H3,(H,20,22,23). The number of benzene rings is 1. The van der Waals surface area contributed by atoms with E-state index in [9.17, 15) is 4.79 Å². The van der Waals surface area contributed by atoms with Gasteiger partial charge in [-0.15, -0.1) is 21.5 Å². The summed E-state index contributed by atoms with van der Waals surface area (Å²) in [6.45, 7) is 1.99. The predicted octanol–water partition coefficient (Wildman–Crippen LogP) is 3.71. The average Bonchev–Trinajstić information content (AvgIpc) is 3.24. The van der Waals surface area contributed by atoms with Gasteiger partial charge in [0.1, 0.15) is 20.5 Å². The number of nitrogens with one attached hydrogen (secondary N) is 1. The molecule has 0 fully saturated rings. The van der Waals surface area contributed by atoms with Crippen molar-refractivity contribution in [2.75, 3.05) is 18.2 Å². The van der Waals surface area contributed by atoms with Crippen LogP contribution in [0, 0.1) is 0 Å². The van der Waals surface area contributed by atoms with Crippen molar-refractivity contribution < 1.29 is 9.53 Å². The molecule has 7 nitrogen and oxygen atoms in total. The Labute approximate surface area is 156 Å². The van der Waals surface area contributed by atoms with Crippen LogP contribution >= 0.6 is 22.7 Å². The summed E-state index contributed by atoms with van der Waals surface area (Å²) in [6, 6.07) is 7.59. The number of amides is 1. The third-order valence-corrected chi connectivity index (χ3v) is 6.02. The van der Waals surface area contributed by atoms with E-state index in [1.165, 1.54) is 22.7 Å². The zero-order valence-corrected chi connectivity index (χ0v) is 15.7. The SMILES string of the molecule is CCc1nnc(NC(=O)c2sc3nc4cc(OC)ccc4cc3c2N)s1. The molecule has 3 aromatic heterocycles. The molecule has 9 heteroatoms. The van der Waals surface area contributed by atoms with Crippen LogP contribution in [0.5, 0.6) is 5.75 Å². The molecule has 0 bridgehead atoms. The number of hydrogen-bond acceptors (Lipinski definition) is 8. The molecule has 4 rings (SSSR count). The molecular formula is C17H15N5O2S2. The minimum absolute atomic E-state index is 0.300. The van der Waals surface area contributed by atoms with Crippen LogP contribution in [0.15, 0.2) is 24.3 Å². The minimum atomic E-state index is -0.300. The fourth-order valence-electron chi connectivity index (χ4n) is 2.57. The lowest BCUT2D eigenvalue weighted by Gasteiger charge is -2.02. The molecule has 1 aromatic carbocycles. The van der Waals surface area contributed by atoms with Gasteiger partial charge in [-0.05, 0) is 24.6 Å². The molecule has 0 unspecified atom stereocenters. The number of aryl methyl sites for hydroxylation is 1. The second-order valence-electron chi connectivity index (χ2n) is 5.55. The highest BCUT2D eigenvalue weighted by Crippen LogP contribution is 2.35. The highest BCUT2D eigenvalue weighted by Gasteiger charge is 2.19. The van der Waals surface area contributed by atoms with Gasteiger partial charge in [-0.25, -0.2) is 4.98 Å². The number of methoxy groups -OCH3 is 1. The fraction of sp³-hybridized carbons (Fsp3) is 0.176. The van der Waals surface area contributed by atoms with E-state index in [0.29, 0.717) is 20.5 Å². The van der Waals surface area contributed by atoms with E-state index < -0.39 is 0 Å². The number of nitrogens with two attached hydrogens (primary N) is 1. The summed E-state index contributed by atoms with van der Waals surface area (Å²) in [5.41, 5.74) is 7.44. The summed E-state index contributed by atoms with van der Waals surface area (Å²) in [6.07, 6.45) is 0.776. The smallest absolute Gasteiger partial charge is 0.269 e. The van der Waals surface area contributed by atoms with Crippen LogP contribution in [0.1, 0.15) is 21.6 Å². The number of anilines is 2. The molecule has 0 aliphatic carbocycles. The monoisotopic (exact) mass is 385 g/mol. The Morgan fingerprint density at radius 2 is 2.12 bits per heavy atom. The predicted molar refractivity (Wildman–Crippen MR) is 105 cm³/mol. The number of pyridine rings is 1. The van der Waals surface area contributed by atoms with Gasteiger partial charge in [0, 0.05) is 16.8 Å². The number of nitrogens with zero attached hydrogens (tertiary/aromatic N) is 3. The van der Waals surface area contributed by atoms with Gasteiger partial charge < -0.3 is 10.5 Å². The third kappa shape index (κ3) is 2.85. The van der Waals surface area contributed by atoms with Crippen molar-refractivity contribution in [3.05, 3.63) is 34.2 Å². The summed E-state index contributed by atoms with van der Waals surface area (Å²) >= 11 is 2.61. The number of nitrogen functional groups attached to an aromatic ring is 1. The Morgan fingerprint density at radius 1 is 1.27 bits per heavy atom. The van der Waals surface area contributed by atoms with Gasteiger partial charge in [0.05, 0.1) is 18.3 Å². The first-order valence-electron chi connectivity index (χ1n) is 7.89. The van der Waals surface area contributed by atoms with Crippen molar-refractivity contribution in [1.82, 2.24) is 15.2 Å². The average molecular weight is 385 g/mol. The van der Waals surface area contributed by atoms with Gasteiger partial charge in [0.25, 0.3) is 5.91 Å². The van der Waals surface area contributed by atoms with Crippen molar-refractivity contribution in [3.8, 4) is 5.75 Å². The topological polar surface area (TPSA) is 103 Å². The Balaban J connectivity index is 1.73. The van der Waals surface area contributed by atoms with Crippen molar-refractivity contribution in [2.24, 2.45) is 0 Å². The molecule has 3 N–H and O–H groups in total. The van der Waals surface area contributed by atoms with E-state index in [2.05, 4.69) is 20.5 Å². The van der Waals surface area contributed by atoms with Crippen LogP contribution in [0.25, 0.3) is 21.1 Å². The number of rotatable bonds is 4. The minimum Gasteiger partial charge on any atom is -0.497 e. The van der Waals surface area contributed by atoms with Crippen LogP contribution in [-0.2, 0) is 6.42 Å². The molecule has 0 saturated carbocycles. The highest BCUT2D eigenvalue weighted by atomic mass is 32.1. The normalized spacial score (nSPS) is 11.2. The van der Waals surface area contributed by atoms with E-state index in [0.717, 1.165) is 33.5 Å². The van der Waals surface area contributed by atoms with Crippen molar-refractivity contribution in [3.63, 3.8) is 0 Å². The summed E-state index contributed by atoms with van der Waals surface area (Å²) in [5, 5.41) is 13.8. The molecule has 0 aliphatic heterocycles. The lowest BCUT2D eigenvalue weighted by atomic mass is 10.1. The van der Waals surface area contributed by atoms with Crippen molar-refractivity contribution >= 4 is 60.5 Å². The molecule has 0 spiro atoms. The quantitative estimate of drug-likeness (QED) is 0.555. The number of fused-ring (bicyclic) bond motifs is 2. The number of aromatic nitrogens is 3. The first-order chi connectivity index (χ1) is 12.6. The largest absolute Gasteiger partial charge is 0.497 e. The van der Waals surface area contributed by atoms with Gasteiger partial charge >= 0.3 is 0 Å². The number of hydrogen-bond donors (Lipinski definition) is 2. The maximum Gasteiger partial charge on any atom is 0.269 e. The zero-order valence-electron chi connectivity index (χ0n) is 14.1. The van der Waals surface area contributed by atoms with Crippen molar-refractivity contribution in [1.29, 1.82) is 0 Å². The van der Waals surface area contributed by atoms with Crippen LogP contribution in [-0.4, -0.2) is 28.2 Å². The number of ether oxygens (including phenoxy) is 1. The Bertz CT molecular complexity index is 1140. The van der Waals surface area contributed by atoms with Gasteiger partial charge in [0.2, 0.25) is 5.13 Å². The van der Waals surface area contributed by atoms with Gasteiger partial charge in [-0.2, -0.15) is 0 Å². The molecule has 132 valence electrons. The number of carbonyl (C=O) groups excluding carboxylic acids is 1. The molecule has 3 heterocycles. The highest BCUT2D eigenvalue weighted by molar-refractivity contribution is 7.21. The lowest BCUT2D eigenvalue weighted by Crippen LogP contribution is -2.11. The van der Waals surface area contributed by atoms with E-state index in [-0.39, 0.29) is 5.91 Å². The van der Waals surface area contributed by atoms with Gasteiger partial charge in [-0.3, -0.25) is 10.1 Å². The number of thiophene rings is 1. The Morgan fingerprint density at radius 3 is 2.85 bits per heavy atom. The summed E-state index contributed by atoms with van der Waals surface area (Å²) < 4.78 is 5.24. The fourth-order valence-corrected chi connectivity index (χ4v) is 4.22. The Hall–Kier alpha value is -2.78. The second-order valence-corrected chi connectivity index (χ2v) is 7.61. The maximum absolute atomic E-state index is 12.6. The van der Waals surface area contributed by atoms with Crippen LogP contribution in [0.4, 0.5) is 10.8 Å². The van der Waals surface area contributed by atoms with Crippen molar-refractivity contribution in [2.45, 2.75) is 13.3 Å². The lowest BCUT2D eigenvalue weighted by molar-refractivity contribution is 0.103. The summed E-state index contributed by atoms with van der Waals surface area (Å²) in [5.74, 6) is 0.431. The van der Waals surface area contributed by atoms with Gasteiger partial charge in [0.15, 0.2) is 0 Å². The first kappa shape index (κ1) is 16.7. The molecule has 0 radical (unpaired) electrons. The van der Waals surface area contributed by atoms with Gasteiger partial charge in [-0.1, -0.05) is 18.3 Å². The maximum atomic E-state index is 12.6.